The maximum absolute atomic E-state index is 14.0. The van der Waals surface area contributed by atoms with Crippen molar-refractivity contribution in [2.24, 2.45) is 0 Å². The van der Waals surface area contributed by atoms with Gasteiger partial charge in [0.25, 0.3) is 5.91 Å². The molecule has 3 aromatic rings. The summed E-state index contributed by atoms with van der Waals surface area (Å²) < 4.78 is 14.0. The van der Waals surface area contributed by atoms with Gasteiger partial charge in [-0.15, -0.1) is 0 Å². The van der Waals surface area contributed by atoms with Crippen LogP contribution < -0.4 is 5.32 Å². The van der Waals surface area contributed by atoms with Crippen LogP contribution in [0, 0.1) is 5.82 Å². The Morgan fingerprint density at radius 3 is 3.03 bits per heavy atom. The van der Waals surface area contributed by atoms with Crippen molar-refractivity contribution in [2.75, 3.05) is 13.1 Å². The highest BCUT2D eigenvalue weighted by Crippen LogP contribution is 2.26. The maximum Gasteiger partial charge on any atom is 0.255 e. The van der Waals surface area contributed by atoms with E-state index in [4.69, 9.17) is 0 Å². The third-order valence-corrected chi connectivity index (χ3v) is 6.24. The molecule has 34 heavy (non-hydrogen) atoms. The quantitative estimate of drug-likeness (QED) is 0.534. The zero-order valence-corrected chi connectivity index (χ0v) is 18.9. The summed E-state index contributed by atoms with van der Waals surface area (Å²) in [6.07, 6.45) is 14.9. The smallest absolute Gasteiger partial charge is 0.255 e. The molecule has 1 amide bonds. The van der Waals surface area contributed by atoms with E-state index < -0.39 is 0 Å². The lowest BCUT2D eigenvalue weighted by Crippen LogP contribution is -2.32. The Bertz CT molecular complexity index is 1330. The molecule has 2 aromatic carbocycles. The lowest BCUT2D eigenvalue weighted by molar-refractivity contribution is 0.0969. The molecule has 0 atom stereocenters. The number of hydrogen-bond acceptors (Lipinski definition) is 3. The van der Waals surface area contributed by atoms with Crippen molar-refractivity contribution in [3.8, 4) is 0 Å². The van der Waals surface area contributed by atoms with Crippen LogP contribution >= 0.6 is 0 Å². The molecule has 0 bridgehead atoms. The second-order valence-electron chi connectivity index (χ2n) is 8.70. The number of benzene rings is 2. The molecule has 6 heteroatoms. The monoisotopic (exact) mass is 454 g/mol. The second-order valence-corrected chi connectivity index (χ2v) is 8.70. The highest BCUT2D eigenvalue weighted by Gasteiger charge is 2.17. The summed E-state index contributed by atoms with van der Waals surface area (Å²) in [5.41, 5.74) is 5.16. The van der Waals surface area contributed by atoms with E-state index in [0.29, 0.717) is 24.2 Å². The summed E-state index contributed by atoms with van der Waals surface area (Å²) in [5, 5.41) is 11.4. The summed E-state index contributed by atoms with van der Waals surface area (Å²) in [6, 6.07) is 12.5. The first-order valence-corrected chi connectivity index (χ1v) is 11.6. The molecule has 172 valence electrons. The topological polar surface area (TPSA) is 61.0 Å². The summed E-state index contributed by atoms with van der Waals surface area (Å²) in [6.45, 7) is 2.20. The number of aromatic nitrogens is 2. The molecule has 5 rings (SSSR count). The largest absolute Gasteiger partial charge is 0.329 e. The highest BCUT2D eigenvalue weighted by atomic mass is 19.1. The van der Waals surface area contributed by atoms with E-state index >= 15 is 0 Å². The lowest BCUT2D eigenvalue weighted by atomic mass is 10.0. The fraction of sp³-hybridized carbons (Fsp3) is 0.214. The number of rotatable bonds is 5. The van der Waals surface area contributed by atoms with Crippen LogP contribution in [-0.4, -0.2) is 34.1 Å². The molecule has 2 N–H and O–H groups in total. The molecule has 1 saturated heterocycles. The number of carbonyl (C=O) groups is 1. The Hall–Kier alpha value is -3.77. The van der Waals surface area contributed by atoms with Gasteiger partial charge in [0.05, 0.1) is 11.2 Å². The van der Waals surface area contributed by atoms with Gasteiger partial charge in [-0.05, 0) is 55.6 Å². The normalized spacial score (nSPS) is 17.7. The number of piperidine rings is 1. The predicted molar refractivity (Wildman–Crippen MR) is 133 cm³/mol. The molecule has 2 aliphatic rings. The fourth-order valence-electron chi connectivity index (χ4n) is 4.46. The minimum absolute atomic E-state index is 0.155. The van der Waals surface area contributed by atoms with Crippen LogP contribution in [0.3, 0.4) is 0 Å². The molecule has 0 unspecified atom stereocenters. The van der Waals surface area contributed by atoms with Crippen molar-refractivity contribution >= 4 is 22.4 Å². The maximum atomic E-state index is 14.0. The fourth-order valence-corrected chi connectivity index (χ4v) is 4.46. The highest BCUT2D eigenvalue weighted by molar-refractivity contribution is 6.01. The Balaban J connectivity index is 1.29. The number of nitrogens with one attached hydrogen (secondary N) is 2. The van der Waals surface area contributed by atoms with E-state index in [1.165, 1.54) is 6.07 Å². The van der Waals surface area contributed by atoms with Crippen molar-refractivity contribution < 1.29 is 9.18 Å². The number of H-pyrrole nitrogens is 1. The Morgan fingerprint density at radius 1 is 1.21 bits per heavy atom. The Labute approximate surface area is 198 Å². The van der Waals surface area contributed by atoms with Gasteiger partial charge in [0, 0.05) is 41.4 Å². The van der Waals surface area contributed by atoms with Crippen molar-refractivity contribution in [3.63, 3.8) is 0 Å². The van der Waals surface area contributed by atoms with Crippen molar-refractivity contribution in [3.05, 3.63) is 107 Å². The number of fused-ring (bicyclic) bond motifs is 1. The van der Waals surface area contributed by atoms with Gasteiger partial charge in [-0.3, -0.25) is 14.8 Å². The average molecular weight is 455 g/mol. The van der Waals surface area contributed by atoms with E-state index in [1.807, 2.05) is 42.6 Å². The third-order valence-electron chi connectivity index (χ3n) is 6.24. The van der Waals surface area contributed by atoms with Gasteiger partial charge < -0.3 is 5.32 Å². The number of nitrogens with zero attached hydrogens (tertiary/aromatic N) is 2. The van der Waals surface area contributed by atoms with Gasteiger partial charge in [0.1, 0.15) is 5.82 Å². The van der Waals surface area contributed by atoms with Crippen LogP contribution in [0.25, 0.3) is 16.5 Å². The first kappa shape index (κ1) is 22.0. The standard InChI is InChI=1S/C28H27FN4O/c29-25-12-6-5-11-23(25)19-33-15-7-8-20(18-33)17-30-28(34)22-13-14-26-24(16-22)27(32-31-26)21-9-3-1-2-4-10-21/h1,3-6,9-14,16-17H,2,7-8,15,18-19H2,(H,30,34)(H,31,32)/b20-17+. The van der Waals surface area contributed by atoms with Gasteiger partial charge >= 0.3 is 0 Å². The first-order valence-electron chi connectivity index (χ1n) is 11.6. The number of allylic oxidation sites excluding steroid dienone is 6. The molecular formula is C28H27FN4O. The van der Waals surface area contributed by atoms with Gasteiger partial charge in [-0.2, -0.15) is 5.10 Å². The molecule has 1 aromatic heterocycles. The SMILES string of the molecule is O=C(N/C=C1\CCCN(Cc2ccccc2F)C1)c1ccc2[nH]nc(C3=CC=CCC=C3)c2c1. The minimum atomic E-state index is -0.174. The second kappa shape index (κ2) is 10.0. The van der Waals surface area contributed by atoms with Crippen LogP contribution in [0.1, 0.15) is 40.9 Å². The van der Waals surface area contributed by atoms with Crippen molar-refractivity contribution in [1.29, 1.82) is 0 Å². The molecular weight excluding hydrogens is 427 g/mol. The van der Waals surface area contributed by atoms with E-state index in [1.54, 1.807) is 12.1 Å². The van der Waals surface area contributed by atoms with E-state index in [9.17, 15) is 9.18 Å². The van der Waals surface area contributed by atoms with Crippen LogP contribution in [0.15, 0.2) is 84.6 Å². The molecule has 2 heterocycles. The molecule has 0 spiro atoms. The zero-order chi connectivity index (χ0) is 23.3. The van der Waals surface area contributed by atoms with Crippen LogP contribution in [-0.2, 0) is 6.54 Å². The number of aromatic amines is 1. The average Bonchev–Trinajstić information content (AvgIpc) is 3.09. The van der Waals surface area contributed by atoms with E-state index in [0.717, 1.165) is 53.6 Å². The number of hydrogen-bond donors (Lipinski definition) is 2. The van der Waals surface area contributed by atoms with Crippen molar-refractivity contribution in [1.82, 2.24) is 20.4 Å². The number of carbonyl (C=O) groups excluding carboxylic acids is 1. The zero-order valence-electron chi connectivity index (χ0n) is 18.9. The Morgan fingerprint density at radius 2 is 2.12 bits per heavy atom. The van der Waals surface area contributed by atoms with E-state index in [-0.39, 0.29) is 11.7 Å². The van der Waals surface area contributed by atoms with Crippen LogP contribution in [0.5, 0.6) is 0 Å². The third kappa shape index (κ3) is 4.92. The molecule has 5 nitrogen and oxygen atoms in total. The van der Waals surface area contributed by atoms with Crippen LogP contribution in [0.2, 0.25) is 0 Å². The summed E-state index contributed by atoms with van der Waals surface area (Å²) >= 11 is 0. The molecule has 1 aliphatic carbocycles. The summed E-state index contributed by atoms with van der Waals surface area (Å²) in [5.74, 6) is -0.329. The number of amides is 1. The summed E-state index contributed by atoms with van der Waals surface area (Å²) in [4.78, 5) is 15.1. The number of likely N-dealkylation sites (tertiary alicyclic amines) is 1. The van der Waals surface area contributed by atoms with Gasteiger partial charge in [-0.25, -0.2) is 4.39 Å². The first-order chi connectivity index (χ1) is 16.7. The molecule has 0 saturated carbocycles. The van der Waals surface area contributed by atoms with Gasteiger partial charge in [0.2, 0.25) is 0 Å². The van der Waals surface area contributed by atoms with Crippen molar-refractivity contribution in [2.45, 2.75) is 25.8 Å². The minimum Gasteiger partial charge on any atom is -0.329 e. The molecule has 1 fully saturated rings. The lowest BCUT2D eigenvalue weighted by Gasteiger charge is -2.28. The van der Waals surface area contributed by atoms with E-state index in [2.05, 4.69) is 38.6 Å². The Kier molecular flexibility index (Phi) is 6.49. The van der Waals surface area contributed by atoms with Gasteiger partial charge in [-0.1, -0.05) is 48.6 Å². The van der Waals surface area contributed by atoms with Crippen LogP contribution in [0.4, 0.5) is 4.39 Å². The number of halogens is 1. The predicted octanol–water partition coefficient (Wildman–Crippen LogP) is 5.51. The summed E-state index contributed by atoms with van der Waals surface area (Å²) in [7, 11) is 0. The molecule has 0 radical (unpaired) electrons. The van der Waals surface area contributed by atoms with Gasteiger partial charge in [0.15, 0.2) is 0 Å². The molecule has 1 aliphatic heterocycles.